The number of nitrogens with zero attached hydrogens (tertiary/aromatic N) is 3. The Morgan fingerprint density at radius 3 is 3.05 bits per heavy atom. The molecule has 3 rings (SSSR count). The van der Waals surface area contributed by atoms with Crippen LogP contribution in [-0.2, 0) is 16.6 Å². The van der Waals surface area contributed by atoms with Crippen LogP contribution in [0, 0.1) is 0 Å². The average Bonchev–Trinajstić information content (AvgIpc) is 3.08. The summed E-state index contributed by atoms with van der Waals surface area (Å²) in [6, 6.07) is 3.19. The summed E-state index contributed by atoms with van der Waals surface area (Å²) in [7, 11) is -3.53. The van der Waals surface area contributed by atoms with Gasteiger partial charge in [-0.1, -0.05) is 6.07 Å². The van der Waals surface area contributed by atoms with E-state index in [-0.39, 0.29) is 23.0 Å². The molecule has 21 heavy (non-hydrogen) atoms. The van der Waals surface area contributed by atoms with Crippen molar-refractivity contribution in [3.8, 4) is 0 Å². The van der Waals surface area contributed by atoms with Crippen LogP contribution in [0.5, 0.6) is 0 Å². The van der Waals surface area contributed by atoms with E-state index >= 15 is 0 Å². The van der Waals surface area contributed by atoms with Crippen LogP contribution in [0.1, 0.15) is 0 Å². The van der Waals surface area contributed by atoms with Crippen LogP contribution in [0.2, 0.25) is 0 Å². The molecule has 0 fully saturated rings. The van der Waals surface area contributed by atoms with Crippen LogP contribution in [0.25, 0.3) is 11.2 Å². The second-order valence-corrected chi connectivity index (χ2v) is 7.11. The van der Waals surface area contributed by atoms with Crippen molar-refractivity contribution in [2.75, 3.05) is 6.54 Å². The van der Waals surface area contributed by atoms with Crippen LogP contribution in [-0.4, -0.2) is 34.5 Å². The maximum Gasteiger partial charge on any atom is 0.327 e. The second kappa shape index (κ2) is 5.39. The van der Waals surface area contributed by atoms with Crippen molar-refractivity contribution in [2.24, 2.45) is 0 Å². The molecular weight excluding hydrogens is 314 g/mol. The van der Waals surface area contributed by atoms with E-state index in [0.29, 0.717) is 11.2 Å². The minimum atomic E-state index is -3.53. The SMILES string of the molecule is O=c1[nH]c2cncnc2n1CCNS(=O)(=O)c1cccs1. The number of rotatable bonds is 5. The molecule has 0 bridgehead atoms. The molecule has 0 unspecified atom stereocenters. The average molecular weight is 325 g/mol. The molecule has 0 aliphatic carbocycles. The molecular formula is C11H11N5O3S2. The van der Waals surface area contributed by atoms with Crippen molar-refractivity contribution in [3.63, 3.8) is 0 Å². The highest BCUT2D eigenvalue weighted by Gasteiger charge is 2.15. The van der Waals surface area contributed by atoms with Gasteiger partial charge in [0.25, 0.3) is 0 Å². The lowest BCUT2D eigenvalue weighted by molar-refractivity contribution is 0.574. The summed E-state index contributed by atoms with van der Waals surface area (Å²) in [6.07, 6.45) is 2.83. The third-order valence-electron chi connectivity index (χ3n) is 2.82. The van der Waals surface area contributed by atoms with Crippen molar-refractivity contribution in [1.29, 1.82) is 0 Å². The van der Waals surface area contributed by atoms with Gasteiger partial charge in [-0.15, -0.1) is 11.3 Å². The first kappa shape index (κ1) is 13.9. The molecule has 3 aromatic rings. The third-order valence-corrected chi connectivity index (χ3v) is 5.68. The number of imidazole rings is 1. The summed E-state index contributed by atoms with van der Waals surface area (Å²) < 4.78 is 28.0. The first-order valence-corrected chi connectivity index (χ1v) is 8.36. The molecule has 2 N–H and O–H groups in total. The molecule has 0 atom stereocenters. The molecule has 0 saturated heterocycles. The molecule has 3 heterocycles. The van der Waals surface area contributed by atoms with Gasteiger partial charge in [0, 0.05) is 13.1 Å². The quantitative estimate of drug-likeness (QED) is 0.694. The van der Waals surface area contributed by atoms with Gasteiger partial charge in [0.05, 0.1) is 6.20 Å². The molecule has 0 amide bonds. The Morgan fingerprint density at radius 2 is 2.29 bits per heavy atom. The number of hydrogen-bond acceptors (Lipinski definition) is 6. The number of H-pyrrole nitrogens is 1. The zero-order valence-corrected chi connectivity index (χ0v) is 12.3. The van der Waals surface area contributed by atoms with Gasteiger partial charge in [0.15, 0.2) is 5.65 Å². The Kier molecular flexibility index (Phi) is 3.57. The third kappa shape index (κ3) is 2.73. The molecule has 0 radical (unpaired) electrons. The first-order chi connectivity index (χ1) is 10.1. The van der Waals surface area contributed by atoms with Gasteiger partial charge >= 0.3 is 5.69 Å². The van der Waals surface area contributed by atoms with Crippen molar-refractivity contribution < 1.29 is 8.42 Å². The summed E-state index contributed by atoms with van der Waals surface area (Å²) in [5, 5.41) is 1.69. The maximum atomic E-state index is 11.9. The lowest BCUT2D eigenvalue weighted by atomic mass is 10.5. The van der Waals surface area contributed by atoms with Crippen LogP contribution in [0.3, 0.4) is 0 Å². The van der Waals surface area contributed by atoms with E-state index < -0.39 is 10.0 Å². The van der Waals surface area contributed by atoms with Crippen LogP contribution in [0.15, 0.2) is 39.0 Å². The largest absolute Gasteiger partial charge is 0.327 e. The fraction of sp³-hybridized carbons (Fsp3) is 0.182. The van der Waals surface area contributed by atoms with Gasteiger partial charge in [0.2, 0.25) is 10.0 Å². The highest BCUT2D eigenvalue weighted by molar-refractivity contribution is 7.91. The number of fused-ring (bicyclic) bond motifs is 1. The van der Waals surface area contributed by atoms with E-state index in [4.69, 9.17) is 0 Å². The van der Waals surface area contributed by atoms with Crippen molar-refractivity contribution in [3.05, 3.63) is 40.5 Å². The Bertz CT molecular complexity index is 911. The molecule has 0 saturated carbocycles. The van der Waals surface area contributed by atoms with Crippen LogP contribution in [0.4, 0.5) is 0 Å². The van der Waals surface area contributed by atoms with E-state index in [9.17, 15) is 13.2 Å². The summed E-state index contributed by atoms with van der Waals surface area (Å²) in [5.74, 6) is 0. The number of sulfonamides is 1. The van der Waals surface area contributed by atoms with E-state index in [0.717, 1.165) is 11.3 Å². The monoisotopic (exact) mass is 325 g/mol. The number of aromatic amines is 1. The van der Waals surface area contributed by atoms with Crippen LogP contribution < -0.4 is 10.4 Å². The second-order valence-electron chi connectivity index (χ2n) is 4.17. The summed E-state index contributed by atoms with van der Waals surface area (Å²) >= 11 is 1.14. The fourth-order valence-corrected chi connectivity index (χ4v) is 3.95. The lowest BCUT2D eigenvalue weighted by Crippen LogP contribution is -2.29. The normalized spacial score (nSPS) is 12.0. The topological polar surface area (TPSA) is 110 Å². The zero-order chi connectivity index (χ0) is 14.9. The number of nitrogens with one attached hydrogen (secondary N) is 2. The Morgan fingerprint density at radius 1 is 1.43 bits per heavy atom. The van der Waals surface area contributed by atoms with Gasteiger partial charge in [-0.3, -0.25) is 4.57 Å². The van der Waals surface area contributed by atoms with Gasteiger partial charge in [-0.2, -0.15) is 0 Å². The predicted octanol–water partition coefficient (Wildman–Crippen LogP) is 0.160. The van der Waals surface area contributed by atoms with E-state index in [1.807, 2.05) is 0 Å². The molecule has 10 heteroatoms. The highest BCUT2D eigenvalue weighted by Crippen LogP contribution is 2.15. The molecule has 0 aliphatic heterocycles. The summed E-state index contributed by atoms with van der Waals surface area (Å²) in [6.45, 7) is 0.275. The highest BCUT2D eigenvalue weighted by atomic mass is 32.2. The van der Waals surface area contributed by atoms with Gasteiger partial charge in [-0.25, -0.2) is 27.9 Å². The fourth-order valence-electron chi connectivity index (χ4n) is 1.89. The molecule has 3 aromatic heterocycles. The van der Waals surface area contributed by atoms with Crippen molar-refractivity contribution in [1.82, 2.24) is 24.2 Å². The minimum absolute atomic E-state index is 0.0943. The number of hydrogen-bond donors (Lipinski definition) is 2. The van der Waals surface area contributed by atoms with E-state index in [1.165, 1.54) is 23.2 Å². The Balaban J connectivity index is 1.76. The van der Waals surface area contributed by atoms with Crippen LogP contribution >= 0.6 is 11.3 Å². The number of aromatic nitrogens is 4. The standard InChI is InChI=1S/C11H11N5O3S2/c17-11-15-8-6-12-7-13-10(8)16(11)4-3-14-21(18,19)9-2-1-5-20-9/h1-2,5-7,14H,3-4H2,(H,15,17). The lowest BCUT2D eigenvalue weighted by Gasteiger charge is -2.05. The molecule has 0 spiro atoms. The smallest absolute Gasteiger partial charge is 0.303 e. The van der Waals surface area contributed by atoms with E-state index in [1.54, 1.807) is 11.4 Å². The minimum Gasteiger partial charge on any atom is -0.303 e. The maximum absolute atomic E-state index is 11.9. The Hall–Kier alpha value is -2.04. The first-order valence-electron chi connectivity index (χ1n) is 5.99. The molecule has 0 aliphatic rings. The van der Waals surface area contributed by atoms with Gasteiger partial charge < -0.3 is 4.98 Å². The van der Waals surface area contributed by atoms with Gasteiger partial charge in [-0.05, 0) is 11.4 Å². The van der Waals surface area contributed by atoms with E-state index in [2.05, 4.69) is 19.7 Å². The molecule has 110 valence electrons. The summed E-state index contributed by atoms with van der Waals surface area (Å²) in [4.78, 5) is 22.2. The Labute approximate surface area is 123 Å². The summed E-state index contributed by atoms with van der Waals surface area (Å²) in [5.41, 5.74) is 0.620. The molecule has 0 aromatic carbocycles. The predicted molar refractivity (Wildman–Crippen MR) is 77.7 cm³/mol. The van der Waals surface area contributed by atoms with Gasteiger partial charge in [0.1, 0.15) is 16.1 Å². The molecule has 8 nitrogen and oxygen atoms in total. The number of thiophene rings is 1. The van der Waals surface area contributed by atoms with Crippen molar-refractivity contribution in [2.45, 2.75) is 10.8 Å². The van der Waals surface area contributed by atoms with Crippen molar-refractivity contribution >= 4 is 32.5 Å². The zero-order valence-electron chi connectivity index (χ0n) is 10.7.